The lowest BCUT2D eigenvalue weighted by Gasteiger charge is -2.29. The third kappa shape index (κ3) is 5.06. The van der Waals surface area contributed by atoms with Gasteiger partial charge in [-0.25, -0.2) is 0 Å². The molecule has 11 heteroatoms. The average Bonchev–Trinajstić information content (AvgIpc) is 3.03. The Morgan fingerprint density at radius 2 is 2.00 bits per heavy atom. The van der Waals surface area contributed by atoms with Crippen LogP contribution in [0, 0.1) is 4.91 Å². The van der Waals surface area contributed by atoms with E-state index in [0.717, 1.165) is 12.1 Å². The zero-order valence-electron chi connectivity index (χ0n) is 13.8. The summed E-state index contributed by atoms with van der Waals surface area (Å²) in [6.45, 7) is 0.0438. The Kier molecular flexibility index (Phi) is 7.36. The van der Waals surface area contributed by atoms with E-state index in [-0.39, 0.29) is 27.9 Å². The summed E-state index contributed by atoms with van der Waals surface area (Å²) in [7, 11) is 0. The van der Waals surface area contributed by atoms with Gasteiger partial charge in [0.25, 0.3) is 5.60 Å². The molecule has 0 saturated heterocycles. The molecule has 1 atom stereocenters. The highest BCUT2D eigenvalue weighted by atomic mass is 35.5. The molecule has 1 N–H and O–H groups in total. The maximum Gasteiger partial charge on any atom is 0.435 e. The van der Waals surface area contributed by atoms with Gasteiger partial charge in [-0.2, -0.15) is 13.2 Å². The van der Waals surface area contributed by atoms with Crippen molar-refractivity contribution >= 4 is 40.5 Å². The fourth-order valence-electron chi connectivity index (χ4n) is 2.69. The van der Waals surface area contributed by atoms with Gasteiger partial charge in [0.2, 0.25) is 0 Å². The Balaban J connectivity index is 2.38. The highest BCUT2D eigenvalue weighted by Crippen LogP contribution is 2.49. The molecule has 2 rings (SSSR count). The highest BCUT2D eigenvalue weighted by molar-refractivity contribution is 6.34. The number of hydrogen-bond donors (Lipinski definition) is 1. The Labute approximate surface area is 168 Å². The van der Waals surface area contributed by atoms with Gasteiger partial charge in [0, 0.05) is 33.2 Å². The van der Waals surface area contributed by atoms with Crippen LogP contribution in [-0.2, 0) is 10.4 Å². The highest BCUT2D eigenvalue weighted by Gasteiger charge is 2.62. The molecule has 1 aliphatic rings. The zero-order valence-corrected chi connectivity index (χ0v) is 16.1. The standard InChI is InChI=1S/C16H15Cl3F3N3O2/c17-4-1-2-10(3-5-23-25-26)14-9-15(27-24-14,16(20,21)22)11-6-12(18)8-13(19)7-11/h3,6-8H,1-2,4-5,9H2,(H,23,26)/b10-3+. The van der Waals surface area contributed by atoms with Crippen molar-refractivity contribution in [2.45, 2.75) is 31.0 Å². The molecule has 0 fully saturated rings. The van der Waals surface area contributed by atoms with E-state index in [9.17, 15) is 18.1 Å². The van der Waals surface area contributed by atoms with Gasteiger partial charge in [-0.15, -0.1) is 16.5 Å². The van der Waals surface area contributed by atoms with Crippen LogP contribution in [0.1, 0.15) is 24.8 Å². The minimum atomic E-state index is -4.77. The number of nitrogens with one attached hydrogen (secondary N) is 1. The third-order valence-electron chi connectivity index (χ3n) is 3.97. The second-order valence-electron chi connectivity index (χ2n) is 5.76. The molecule has 27 heavy (non-hydrogen) atoms. The first kappa shape index (κ1) is 21.8. The lowest BCUT2D eigenvalue weighted by molar-refractivity contribution is -0.275. The number of rotatable bonds is 8. The zero-order chi connectivity index (χ0) is 20.1. The van der Waals surface area contributed by atoms with E-state index in [1.54, 1.807) is 0 Å². The van der Waals surface area contributed by atoms with Gasteiger partial charge in [0.1, 0.15) is 0 Å². The van der Waals surface area contributed by atoms with E-state index in [0.29, 0.717) is 24.3 Å². The summed E-state index contributed by atoms with van der Waals surface area (Å²) in [5, 5.41) is 6.29. The molecular formula is C16H15Cl3F3N3O2. The van der Waals surface area contributed by atoms with Crippen LogP contribution in [0.15, 0.2) is 40.3 Å². The smallest absolute Gasteiger partial charge is 0.374 e. The van der Waals surface area contributed by atoms with E-state index in [1.807, 2.05) is 0 Å². The van der Waals surface area contributed by atoms with E-state index >= 15 is 0 Å². The minimum Gasteiger partial charge on any atom is -0.374 e. The Hall–Kier alpha value is -1.51. The molecule has 0 spiro atoms. The minimum absolute atomic E-state index is 0.0438. The molecule has 0 radical (unpaired) electrons. The molecule has 0 amide bonds. The fourth-order valence-corrected chi connectivity index (χ4v) is 3.35. The summed E-state index contributed by atoms with van der Waals surface area (Å²) >= 11 is 17.4. The molecule has 1 heterocycles. The Bertz CT molecular complexity index is 736. The summed E-state index contributed by atoms with van der Waals surface area (Å²) in [6.07, 6.45) is -2.91. The number of nitroso groups, excluding NO2 is 1. The number of benzene rings is 1. The number of halogens is 6. The van der Waals surface area contributed by atoms with Crippen molar-refractivity contribution in [1.82, 2.24) is 5.43 Å². The second-order valence-corrected chi connectivity index (χ2v) is 7.02. The molecule has 5 nitrogen and oxygen atoms in total. The number of nitrogens with zero attached hydrogens (tertiary/aromatic N) is 2. The van der Waals surface area contributed by atoms with Crippen molar-refractivity contribution in [2.24, 2.45) is 10.4 Å². The average molecular weight is 445 g/mol. The van der Waals surface area contributed by atoms with Crippen LogP contribution in [-0.4, -0.2) is 24.3 Å². The predicted octanol–water partition coefficient (Wildman–Crippen LogP) is 5.74. The van der Waals surface area contributed by atoms with Crippen LogP contribution in [0.3, 0.4) is 0 Å². The summed E-state index contributed by atoms with van der Waals surface area (Å²) in [5.74, 6) is 0.319. The molecule has 1 aromatic rings. The van der Waals surface area contributed by atoms with Crippen LogP contribution in [0.2, 0.25) is 10.0 Å². The third-order valence-corrected chi connectivity index (χ3v) is 4.67. The van der Waals surface area contributed by atoms with E-state index in [1.165, 1.54) is 12.1 Å². The normalized spacial score (nSPS) is 20.2. The van der Waals surface area contributed by atoms with Crippen molar-refractivity contribution in [3.05, 3.63) is 50.4 Å². The molecular weight excluding hydrogens is 430 g/mol. The van der Waals surface area contributed by atoms with Crippen molar-refractivity contribution in [2.75, 3.05) is 12.4 Å². The lowest BCUT2D eigenvalue weighted by Crippen LogP contribution is -2.42. The molecule has 0 bridgehead atoms. The number of hydrogen-bond acceptors (Lipinski definition) is 4. The summed E-state index contributed by atoms with van der Waals surface area (Å²) in [5.41, 5.74) is -0.154. The monoisotopic (exact) mass is 443 g/mol. The molecule has 0 saturated carbocycles. The van der Waals surface area contributed by atoms with E-state index in [2.05, 4.69) is 15.9 Å². The van der Waals surface area contributed by atoms with Gasteiger partial charge in [-0.3, -0.25) is 5.43 Å². The van der Waals surface area contributed by atoms with Gasteiger partial charge in [-0.05, 0) is 36.6 Å². The summed E-state index contributed by atoms with van der Waals surface area (Å²) < 4.78 is 41.9. The lowest BCUT2D eigenvalue weighted by atomic mass is 9.85. The Morgan fingerprint density at radius 3 is 2.56 bits per heavy atom. The van der Waals surface area contributed by atoms with E-state index < -0.39 is 18.2 Å². The van der Waals surface area contributed by atoms with Gasteiger partial charge >= 0.3 is 6.18 Å². The van der Waals surface area contributed by atoms with Crippen molar-refractivity contribution in [3.8, 4) is 0 Å². The maximum absolute atomic E-state index is 14.0. The summed E-state index contributed by atoms with van der Waals surface area (Å²) in [4.78, 5) is 15.1. The van der Waals surface area contributed by atoms with Gasteiger partial charge in [0.15, 0.2) is 0 Å². The molecule has 1 aliphatic heterocycles. The van der Waals surface area contributed by atoms with Crippen LogP contribution in [0.4, 0.5) is 13.2 Å². The van der Waals surface area contributed by atoms with Crippen LogP contribution < -0.4 is 5.43 Å². The second kappa shape index (κ2) is 9.12. The maximum atomic E-state index is 14.0. The summed E-state index contributed by atoms with van der Waals surface area (Å²) in [6, 6.07) is 3.64. The molecule has 148 valence electrons. The first-order chi connectivity index (χ1) is 12.7. The number of allylic oxidation sites excluding steroid dienone is 1. The molecule has 1 unspecified atom stereocenters. The van der Waals surface area contributed by atoms with Crippen molar-refractivity contribution in [1.29, 1.82) is 0 Å². The first-order valence-corrected chi connectivity index (χ1v) is 9.11. The van der Waals surface area contributed by atoms with Crippen LogP contribution in [0.25, 0.3) is 0 Å². The molecule has 0 aromatic heterocycles. The largest absolute Gasteiger partial charge is 0.435 e. The van der Waals surface area contributed by atoms with Gasteiger partial charge < -0.3 is 4.84 Å². The SMILES string of the molecule is O=NNC/C=C(\CCCCl)C1=NOC(c2cc(Cl)cc(Cl)c2)(C(F)(F)F)C1. The van der Waals surface area contributed by atoms with E-state index in [4.69, 9.17) is 39.6 Å². The number of oxime groups is 1. The Morgan fingerprint density at radius 1 is 1.33 bits per heavy atom. The van der Waals surface area contributed by atoms with Crippen molar-refractivity contribution < 1.29 is 18.0 Å². The van der Waals surface area contributed by atoms with Gasteiger partial charge in [0.05, 0.1) is 12.3 Å². The molecule has 1 aromatic carbocycles. The fraction of sp³-hybridized carbons (Fsp3) is 0.438. The predicted molar refractivity (Wildman–Crippen MR) is 99.2 cm³/mol. The number of alkyl halides is 4. The van der Waals surface area contributed by atoms with Gasteiger partial charge in [-0.1, -0.05) is 34.4 Å². The van der Waals surface area contributed by atoms with Crippen molar-refractivity contribution in [3.63, 3.8) is 0 Å². The van der Waals surface area contributed by atoms with Crippen LogP contribution >= 0.6 is 34.8 Å². The van der Waals surface area contributed by atoms with Crippen LogP contribution in [0.5, 0.6) is 0 Å². The molecule has 0 aliphatic carbocycles. The first-order valence-electron chi connectivity index (χ1n) is 7.82. The topological polar surface area (TPSA) is 63.0 Å². The quantitative estimate of drug-likeness (QED) is 0.240.